The van der Waals surface area contributed by atoms with E-state index in [1.54, 1.807) is 6.26 Å². The Labute approximate surface area is 159 Å². The third-order valence-electron chi connectivity index (χ3n) is 3.21. The number of hydrogen-bond acceptors (Lipinski definition) is 8. The Morgan fingerprint density at radius 1 is 1.04 bits per heavy atom. The maximum Gasteiger partial charge on any atom is 0.326 e. The highest BCUT2D eigenvalue weighted by molar-refractivity contribution is 7.98. The molecule has 13 heteroatoms. The molecule has 154 valence electrons. The van der Waals surface area contributed by atoms with Crippen LogP contribution in [0.2, 0.25) is 0 Å². The van der Waals surface area contributed by atoms with Crippen molar-refractivity contribution in [2.24, 2.45) is 5.73 Å². The Bertz CT molecular complexity index is 559. The largest absolute Gasteiger partial charge is 0.481 e. The predicted molar refractivity (Wildman–Crippen MR) is 94.8 cm³/mol. The van der Waals surface area contributed by atoms with Crippen LogP contribution < -0.4 is 21.7 Å². The summed E-state index contributed by atoms with van der Waals surface area (Å²) < 4.78 is 0. The summed E-state index contributed by atoms with van der Waals surface area (Å²) >= 11 is 1.38. The van der Waals surface area contributed by atoms with Crippen LogP contribution in [-0.2, 0) is 24.0 Å². The highest BCUT2D eigenvalue weighted by Gasteiger charge is 2.28. The maximum absolute atomic E-state index is 12.2. The number of carbonyl (C=O) groups excluding carboxylic acids is 3. The fourth-order valence-corrected chi connectivity index (χ4v) is 2.25. The van der Waals surface area contributed by atoms with Crippen LogP contribution in [0.4, 0.5) is 0 Å². The van der Waals surface area contributed by atoms with Crippen molar-refractivity contribution in [3.63, 3.8) is 0 Å². The first kappa shape index (κ1) is 24.6. The van der Waals surface area contributed by atoms with Crippen molar-refractivity contribution in [3.8, 4) is 0 Å². The molecule has 0 aromatic heterocycles. The molecule has 0 aromatic carbocycles. The molecule has 0 aliphatic rings. The van der Waals surface area contributed by atoms with Gasteiger partial charge in [-0.3, -0.25) is 19.2 Å². The van der Waals surface area contributed by atoms with E-state index in [1.165, 1.54) is 11.8 Å². The van der Waals surface area contributed by atoms with E-state index in [0.29, 0.717) is 5.75 Å². The Kier molecular flexibility index (Phi) is 11.8. The van der Waals surface area contributed by atoms with Gasteiger partial charge in [0.1, 0.15) is 18.1 Å². The molecule has 27 heavy (non-hydrogen) atoms. The minimum atomic E-state index is -1.65. The first-order valence-corrected chi connectivity index (χ1v) is 9.19. The number of carbonyl (C=O) groups is 5. The monoisotopic (exact) mass is 408 g/mol. The van der Waals surface area contributed by atoms with E-state index in [-0.39, 0.29) is 6.42 Å². The highest BCUT2D eigenvalue weighted by atomic mass is 32.2. The van der Waals surface area contributed by atoms with Gasteiger partial charge >= 0.3 is 11.9 Å². The number of hydrogen-bond donors (Lipinski definition) is 7. The highest BCUT2D eigenvalue weighted by Crippen LogP contribution is 2.03. The second kappa shape index (κ2) is 12.9. The molecule has 3 amide bonds. The van der Waals surface area contributed by atoms with Gasteiger partial charge in [0.05, 0.1) is 19.6 Å². The van der Waals surface area contributed by atoms with Gasteiger partial charge in [-0.05, 0) is 18.4 Å². The lowest BCUT2D eigenvalue weighted by Crippen LogP contribution is -2.54. The number of aliphatic carboxylic acids is 2. The van der Waals surface area contributed by atoms with Gasteiger partial charge in [0, 0.05) is 0 Å². The summed E-state index contributed by atoms with van der Waals surface area (Å²) in [6.45, 7) is -1.11. The zero-order valence-electron chi connectivity index (χ0n) is 14.6. The molecule has 0 rings (SSSR count). The van der Waals surface area contributed by atoms with Gasteiger partial charge in [0.15, 0.2) is 0 Å². The molecular weight excluding hydrogens is 384 g/mol. The molecule has 0 aromatic rings. The Hall–Kier alpha value is -2.38. The lowest BCUT2D eigenvalue weighted by molar-refractivity contribution is -0.147. The van der Waals surface area contributed by atoms with E-state index < -0.39 is 67.4 Å². The lowest BCUT2D eigenvalue weighted by atomic mass is 10.1. The van der Waals surface area contributed by atoms with Crippen LogP contribution in [0.1, 0.15) is 12.8 Å². The SMILES string of the molecule is CSCCC(NC(=O)CNC(=O)C(N)CO)C(=O)NC(CC(=O)O)C(=O)O. The fourth-order valence-electron chi connectivity index (χ4n) is 1.78. The average Bonchev–Trinajstić information content (AvgIpc) is 2.61. The van der Waals surface area contributed by atoms with Gasteiger partial charge in [-0.2, -0.15) is 11.8 Å². The van der Waals surface area contributed by atoms with E-state index >= 15 is 0 Å². The van der Waals surface area contributed by atoms with E-state index in [0.717, 1.165) is 0 Å². The quantitative estimate of drug-likeness (QED) is 0.161. The van der Waals surface area contributed by atoms with Crippen molar-refractivity contribution in [2.45, 2.75) is 31.0 Å². The number of aliphatic hydroxyl groups excluding tert-OH is 1. The van der Waals surface area contributed by atoms with Gasteiger partial charge in [-0.15, -0.1) is 0 Å². The zero-order chi connectivity index (χ0) is 21.0. The van der Waals surface area contributed by atoms with Gasteiger partial charge in [0.2, 0.25) is 17.7 Å². The summed E-state index contributed by atoms with van der Waals surface area (Å²) in [7, 11) is 0. The van der Waals surface area contributed by atoms with Gasteiger partial charge in [0.25, 0.3) is 0 Å². The van der Waals surface area contributed by atoms with E-state index in [1.807, 2.05) is 0 Å². The average molecular weight is 408 g/mol. The normalized spacial score (nSPS) is 13.7. The molecule has 3 unspecified atom stereocenters. The molecule has 0 radical (unpaired) electrons. The molecule has 0 spiro atoms. The molecule has 0 bridgehead atoms. The smallest absolute Gasteiger partial charge is 0.326 e. The topological polar surface area (TPSA) is 208 Å². The van der Waals surface area contributed by atoms with E-state index in [4.69, 9.17) is 21.1 Å². The van der Waals surface area contributed by atoms with Crippen molar-refractivity contribution in [1.82, 2.24) is 16.0 Å². The van der Waals surface area contributed by atoms with Crippen LogP contribution >= 0.6 is 11.8 Å². The van der Waals surface area contributed by atoms with E-state index in [2.05, 4.69) is 16.0 Å². The number of rotatable bonds is 13. The summed E-state index contributed by atoms with van der Waals surface area (Å²) in [4.78, 5) is 57.3. The number of thioether (sulfide) groups is 1. The molecule has 0 saturated carbocycles. The summed E-state index contributed by atoms with van der Waals surface area (Å²) in [5.41, 5.74) is 5.28. The first-order chi connectivity index (χ1) is 12.6. The predicted octanol–water partition coefficient (Wildman–Crippen LogP) is -3.30. The summed E-state index contributed by atoms with van der Waals surface area (Å²) in [6.07, 6.45) is 1.10. The Morgan fingerprint density at radius 3 is 2.15 bits per heavy atom. The minimum absolute atomic E-state index is 0.155. The van der Waals surface area contributed by atoms with Crippen LogP contribution in [0.5, 0.6) is 0 Å². The Balaban J connectivity index is 4.86. The Morgan fingerprint density at radius 2 is 1.67 bits per heavy atom. The third-order valence-corrected chi connectivity index (χ3v) is 3.86. The van der Waals surface area contributed by atoms with Gasteiger partial charge in [-0.25, -0.2) is 4.79 Å². The molecule has 12 nitrogen and oxygen atoms in total. The molecular formula is C14H24N4O8S. The zero-order valence-corrected chi connectivity index (χ0v) is 15.5. The fraction of sp³-hybridized carbons (Fsp3) is 0.643. The number of nitrogens with one attached hydrogen (secondary N) is 3. The van der Waals surface area contributed by atoms with Crippen molar-refractivity contribution >= 4 is 41.4 Å². The van der Waals surface area contributed by atoms with Crippen molar-refractivity contribution in [3.05, 3.63) is 0 Å². The number of nitrogens with two attached hydrogens (primary N) is 1. The maximum atomic E-state index is 12.2. The van der Waals surface area contributed by atoms with Crippen molar-refractivity contribution in [2.75, 3.05) is 25.2 Å². The number of aliphatic hydroxyl groups is 1. The molecule has 3 atom stereocenters. The molecule has 0 aliphatic carbocycles. The molecule has 0 heterocycles. The second-order valence-corrected chi connectivity index (χ2v) is 6.39. The summed E-state index contributed by atoms with van der Waals surface area (Å²) in [5.74, 6) is -4.83. The van der Waals surface area contributed by atoms with Crippen LogP contribution in [0.3, 0.4) is 0 Å². The summed E-state index contributed by atoms with van der Waals surface area (Å²) in [5, 5.41) is 33.0. The second-order valence-electron chi connectivity index (χ2n) is 5.41. The molecule has 0 fully saturated rings. The van der Waals surface area contributed by atoms with Gasteiger partial charge < -0.3 is 37.0 Å². The summed E-state index contributed by atoms with van der Waals surface area (Å²) in [6, 6.07) is -3.96. The van der Waals surface area contributed by atoms with Crippen LogP contribution in [0, 0.1) is 0 Å². The third kappa shape index (κ3) is 10.4. The van der Waals surface area contributed by atoms with E-state index in [9.17, 15) is 24.0 Å². The van der Waals surface area contributed by atoms with Crippen LogP contribution in [0.15, 0.2) is 0 Å². The first-order valence-electron chi connectivity index (χ1n) is 7.79. The lowest BCUT2D eigenvalue weighted by Gasteiger charge is -2.21. The van der Waals surface area contributed by atoms with Crippen LogP contribution in [0.25, 0.3) is 0 Å². The van der Waals surface area contributed by atoms with Crippen molar-refractivity contribution in [1.29, 1.82) is 0 Å². The molecule has 8 N–H and O–H groups in total. The standard InChI is InChI=1S/C14H24N4O8S/c1-27-3-2-8(13(24)18-9(14(25)26)4-11(21)22)17-10(20)5-16-12(23)7(15)6-19/h7-9,19H,2-6,15H2,1H3,(H,16,23)(H,17,20)(H,18,24)(H,21,22)(H,25,26). The minimum Gasteiger partial charge on any atom is -0.481 e. The van der Waals surface area contributed by atoms with Gasteiger partial charge in [-0.1, -0.05) is 0 Å². The molecule has 0 saturated heterocycles. The number of carboxylic acid groups (broad SMARTS) is 2. The van der Waals surface area contributed by atoms with Crippen molar-refractivity contribution < 1.29 is 39.3 Å². The van der Waals surface area contributed by atoms with Crippen LogP contribution in [-0.4, -0.2) is 88.3 Å². The molecule has 0 aliphatic heterocycles. The number of amides is 3. The number of carboxylic acids is 2.